The Morgan fingerprint density at radius 3 is 2.86 bits per heavy atom. The third-order valence-electron chi connectivity index (χ3n) is 4.86. The van der Waals surface area contributed by atoms with Crippen molar-refractivity contribution in [2.45, 2.75) is 52.0 Å². The highest BCUT2D eigenvalue weighted by Gasteiger charge is 2.39. The number of piperidine rings is 1. The van der Waals surface area contributed by atoms with Crippen LogP contribution in [-0.2, 0) is 11.3 Å². The van der Waals surface area contributed by atoms with Gasteiger partial charge in [0.2, 0.25) is 5.89 Å². The summed E-state index contributed by atoms with van der Waals surface area (Å²) in [5.41, 5.74) is -0.688. The summed E-state index contributed by atoms with van der Waals surface area (Å²) in [6.07, 6.45) is 4.31. The number of nitrogens with zero attached hydrogens (tertiary/aromatic N) is 3. The molecule has 6 heteroatoms. The van der Waals surface area contributed by atoms with Gasteiger partial charge >= 0.3 is 5.97 Å². The molecule has 1 unspecified atom stereocenters. The van der Waals surface area contributed by atoms with Crippen molar-refractivity contribution in [3.8, 4) is 0 Å². The molecule has 6 nitrogen and oxygen atoms in total. The van der Waals surface area contributed by atoms with E-state index in [9.17, 15) is 9.90 Å². The zero-order chi connectivity index (χ0) is 15.0. The van der Waals surface area contributed by atoms with Crippen LogP contribution < -0.4 is 0 Å². The summed E-state index contributed by atoms with van der Waals surface area (Å²) in [5, 5.41) is 13.4. The predicted molar refractivity (Wildman–Crippen MR) is 75.7 cm³/mol. The van der Waals surface area contributed by atoms with Crippen molar-refractivity contribution in [2.75, 3.05) is 13.1 Å². The van der Waals surface area contributed by atoms with E-state index in [1.54, 1.807) is 0 Å². The van der Waals surface area contributed by atoms with Crippen LogP contribution in [0.25, 0.3) is 0 Å². The molecule has 0 aromatic carbocycles. The molecule has 2 fully saturated rings. The molecule has 0 radical (unpaired) electrons. The molecule has 1 saturated carbocycles. The van der Waals surface area contributed by atoms with Crippen molar-refractivity contribution in [3.05, 3.63) is 11.7 Å². The third kappa shape index (κ3) is 3.10. The number of hydrogen-bond donors (Lipinski definition) is 1. The number of aliphatic carboxylic acids is 1. The van der Waals surface area contributed by atoms with E-state index >= 15 is 0 Å². The maximum Gasteiger partial charge on any atom is 0.309 e. The summed E-state index contributed by atoms with van der Waals surface area (Å²) < 4.78 is 5.32. The number of aromatic nitrogens is 2. The Morgan fingerprint density at radius 2 is 2.19 bits per heavy atom. The van der Waals surface area contributed by atoms with Crippen LogP contribution in [0.5, 0.6) is 0 Å². The van der Waals surface area contributed by atoms with Gasteiger partial charge in [0.15, 0.2) is 5.82 Å². The van der Waals surface area contributed by atoms with Crippen LogP contribution in [0.15, 0.2) is 4.52 Å². The van der Waals surface area contributed by atoms with E-state index in [4.69, 9.17) is 4.52 Å². The van der Waals surface area contributed by atoms with Gasteiger partial charge in [-0.15, -0.1) is 0 Å². The molecular weight excluding hydrogens is 270 g/mol. The summed E-state index contributed by atoms with van der Waals surface area (Å²) in [6, 6.07) is 0. The zero-order valence-corrected chi connectivity index (χ0v) is 12.7. The molecule has 1 aromatic rings. The highest BCUT2D eigenvalue weighted by Crippen LogP contribution is 2.38. The van der Waals surface area contributed by atoms with Gasteiger partial charge < -0.3 is 9.63 Å². The molecule has 1 N–H and O–H groups in total. The van der Waals surface area contributed by atoms with Crippen LogP contribution in [-0.4, -0.2) is 39.2 Å². The second kappa shape index (κ2) is 5.40. The molecule has 2 heterocycles. The molecule has 0 bridgehead atoms. The summed E-state index contributed by atoms with van der Waals surface area (Å²) in [7, 11) is 0. The number of rotatable bonds is 5. The first-order valence-corrected chi connectivity index (χ1v) is 7.75. The highest BCUT2D eigenvalue weighted by atomic mass is 16.5. The van der Waals surface area contributed by atoms with E-state index in [1.165, 1.54) is 0 Å². The summed E-state index contributed by atoms with van der Waals surface area (Å²) >= 11 is 0. The minimum Gasteiger partial charge on any atom is -0.481 e. The third-order valence-corrected chi connectivity index (χ3v) is 4.86. The molecule has 21 heavy (non-hydrogen) atoms. The lowest BCUT2D eigenvalue weighted by Gasteiger charge is -2.38. The van der Waals surface area contributed by atoms with Gasteiger partial charge in [-0.25, -0.2) is 0 Å². The van der Waals surface area contributed by atoms with Gasteiger partial charge in [0.1, 0.15) is 0 Å². The molecule has 1 aliphatic carbocycles. The Kier molecular flexibility index (Phi) is 3.73. The monoisotopic (exact) mass is 293 g/mol. The van der Waals surface area contributed by atoms with Gasteiger partial charge in [-0.1, -0.05) is 5.16 Å². The van der Waals surface area contributed by atoms with Crippen molar-refractivity contribution in [1.82, 2.24) is 15.0 Å². The van der Waals surface area contributed by atoms with Crippen LogP contribution in [0, 0.1) is 11.3 Å². The second-order valence-electron chi connectivity index (χ2n) is 6.92. The van der Waals surface area contributed by atoms with Gasteiger partial charge in [0.25, 0.3) is 0 Å². The number of carboxylic acid groups (broad SMARTS) is 1. The van der Waals surface area contributed by atoms with E-state index in [0.717, 1.165) is 44.6 Å². The lowest BCUT2D eigenvalue weighted by Crippen LogP contribution is -2.44. The molecule has 116 valence electrons. The van der Waals surface area contributed by atoms with E-state index in [1.807, 2.05) is 13.8 Å². The fraction of sp³-hybridized carbons (Fsp3) is 0.800. The second-order valence-corrected chi connectivity index (χ2v) is 6.92. The molecule has 3 rings (SSSR count). The lowest BCUT2D eigenvalue weighted by molar-refractivity contribution is -0.151. The fourth-order valence-corrected chi connectivity index (χ4v) is 2.99. The standard InChI is InChI=1S/C15H23N3O3/c1-15(2,14(19)20)11-4-3-7-18(8-11)9-12-16-13(17-21-12)10-5-6-10/h10-11H,3-9H2,1-2H3,(H,19,20). The van der Waals surface area contributed by atoms with Crippen LogP contribution in [0.2, 0.25) is 0 Å². The average molecular weight is 293 g/mol. The van der Waals surface area contributed by atoms with Crippen molar-refractivity contribution in [2.24, 2.45) is 11.3 Å². The highest BCUT2D eigenvalue weighted by molar-refractivity contribution is 5.74. The zero-order valence-electron chi connectivity index (χ0n) is 12.7. The van der Waals surface area contributed by atoms with Crippen molar-refractivity contribution >= 4 is 5.97 Å². The fourth-order valence-electron chi connectivity index (χ4n) is 2.99. The maximum absolute atomic E-state index is 11.4. The maximum atomic E-state index is 11.4. The molecule has 0 spiro atoms. The van der Waals surface area contributed by atoms with E-state index in [0.29, 0.717) is 18.4 Å². The van der Waals surface area contributed by atoms with Crippen molar-refractivity contribution < 1.29 is 14.4 Å². The van der Waals surface area contributed by atoms with E-state index in [2.05, 4.69) is 15.0 Å². The Balaban J connectivity index is 1.61. The van der Waals surface area contributed by atoms with Crippen molar-refractivity contribution in [3.63, 3.8) is 0 Å². The predicted octanol–water partition coefficient (Wildman–Crippen LogP) is 2.27. The molecule has 1 saturated heterocycles. The van der Waals surface area contributed by atoms with E-state index in [-0.39, 0.29) is 5.92 Å². The number of carboxylic acids is 1. The van der Waals surface area contributed by atoms with Crippen molar-refractivity contribution in [1.29, 1.82) is 0 Å². The first-order valence-electron chi connectivity index (χ1n) is 7.75. The minimum absolute atomic E-state index is 0.162. The Bertz CT molecular complexity index is 522. The molecular formula is C15H23N3O3. The SMILES string of the molecule is CC(C)(C(=O)O)C1CCCN(Cc2nc(C3CC3)no2)C1. The largest absolute Gasteiger partial charge is 0.481 e. The number of hydrogen-bond acceptors (Lipinski definition) is 5. The molecule has 1 aliphatic heterocycles. The first kappa shape index (κ1) is 14.5. The molecule has 2 aliphatic rings. The van der Waals surface area contributed by atoms with Crippen LogP contribution >= 0.6 is 0 Å². The quantitative estimate of drug-likeness (QED) is 0.897. The topological polar surface area (TPSA) is 79.5 Å². The molecule has 1 aromatic heterocycles. The lowest BCUT2D eigenvalue weighted by atomic mass is 9.74. The first-order chi connectivity index (χ1) is 9.96. The number of likely N-dealkylation sites (tertiary alicyclic amines) is 1. The van der Waals surface area contributed by atoms with Gasteiger partial charge in [-0.3, -0.25) is 9.69 Å². The van der Waals surface area contributed by atoms with Crippen LogP contribution in [0.4, 0.5) is 0 Å². The van der Waals surface area contributed by atoms with Gasteiger partial charge in [-0.2, -0.15) is 4.98 Å². The normalized spacial score (nSPS) is 24.2. The summed E-state index contributed by atoms with van der Waals surface area (Å²) in [4.78, 5) is 18.1. The minimum atomic E-state index is -0.719. The van der Waals surface area contributed by atoms with Gasteiger partial charge in [-0.05, 0) is 52.0 Å². The molecule has 1 atom stereocenters. The van der Waals surface area contributed by atoms with Gasteiger partial charge in [0, 0.05) is 12.5 Å². The smallest absolute Gasteiger partial charge is 0.309 e. The Labute approximate surface area is 124 Å². The number of carbonyl (C=O) groups is 1. The van der Waals surface area contributed by atoms with Gasteiger partial charge in [0.05, 0.1) is 12.0 Å². The Morgan fingerprint density at radius 1 is 1.43 bits per heavy atom. The summed E-state index contributed by atoms with van der Waals surface area (Å²) in [5.74, 6) is 1.44. The van der Waals surface area contributed by atoms with E-state index < -0.39 is 11.4 Å². The van der Waals surface area contributed by atoms with Crippen LogP contribution in [0.3, 0.4) is 0 Å². The average Bonchev–Trinajstić information content (AvgIpc) is 3.20. The Hall–Kier alpha value is -1.43. The summed E-state index contributed by atoms with van der Waals surface area (Å²) in [6.45, 7) is 6.02. The van der Waals surface area contributed by atoms with Crippen LogP contribution in [0.1, 0.15) is 57.2 Å². The molecule has 0 amide bonds.